The first-order valence-electron chi connectivity index (χ1n) is 7.98. The average molecular weight is 317 g/mol. The van der Waals surface area contributed by atoms with Gasteiger partial charge in [-0.3, -0.25) is 19.3 Å². The minimum atomic E-state index is -0.316. The van der Waals surface area contributed by atoms with Gasteiger partial charge in [0.1, 0.15) is 0 Å². The van der Waals surface area contributed by atoms with Crippen LogP contribution in [-0.2, 0) is 0 Å². The van der Waals surface area contributed by atoms with E-state index < -0.39 is 0 Å². The lowest BCUT2D eigenvalue weighted by atomic mass is 10.0. The van der Waals surface area contributed by atoms with Gasteiger partial charge in [0.25, 0.3) is 17.7 Å². The van der Waals surface area contributed by atoms with Gasteiger partial charge in [-0.2, -0.15) is 0 Å². The Labute approximate surface area is 136 Å². The van der Waals surface area contributed by atoms with Crippen LogP contribution in [0.25, 0.3) is 0 Å². The highest BCUT2D eigenvalue weighted by molar-refractivity contribution is 6.22. The lowest BCUT2D eigenvalue weighted by molar-refractivity contribution is 0.0652. The maximum absolute atomic E-state index is 12.4. The van der Waals surface area contributed by atoms with E-state index in [2.05, 4.69) is 5.32 Å². The molecule has 1 aromatic carbocycles. The zero-order valence-electron chi connectivity index (χ0n) is 13.6. The summed E-state index contributed by atoms with van der Waals surface area (Å²) in [5.74, 6) is -0.674. The zero-order chi connectivity index (χ0) is 17.0. The van der Waals surface area contributed by atoms with Crippen LogP contribution in [0.1, 0.15) is 57.8 Å². The first-order valence-corrected chi connectivity index (χ1v) is 7.98. The summed E-state index contributed by atoms with van der Waals surface area (Å²) in [6.45, 7) is 5.32. The van der Waals surface area contributed by atoms with Gasteiger partial charge in [0, 0.05) is 18.7 Å². The predicted molar refractivity (Wildman–Crippen MR) is 87.3 cm³/mol. The Morgan fingerprint density at radius 3 is 2.61 bits per heavy atom. The Balaban J connectivity index is 2.15. The van der Waals surface area contributed by atoms with Gasteiger partial charge in [0.2, 0.25) is 0 Å². The van der Waals surface area contributed by atoms with Gasteiger partial charge in [-0.1, -0.05) is 20.3 Å². The summed E-state index contributed by atoms with van der Waals surface area (Å²) in [5.41, 5.74) is 6.59. The van der Waals surface area contributed by atoms with Crippen molar-refractivity contribution in [3.05, 3.63) is 34.9 Å². The summed E-state index contributed by atoms with van der Waals surface area (Å²) in [7, 11) is 0. The van der Waals surface area contributed by atoms with E-state index in [-0.39, 0.29) is 23.6 Å². The van der Waals surface area contributed by atoms with Crippen molar-refractivity contribution >= 4 is 17.7 Å². The van der Waals surface area contributed by atoms with Gasteiger partial charge in [-0.25, -0.2) is 0 Å². The third-order valence-electron chi connectivity index (χ3n) is 3.98. The first kappa shape index (κ1) is 17.1. The maximum Gasteiger partial charge on any atom is 0.261 e. The van der Waals surface area contributed by atoms with Crippen molar-refractivity contribution in [1.82, 2.24) is 10.2 Å². The molecule has 0 spiro atoms. The van der Waals surface area contributed by atoms with Crippen molar-refractivity contribution < 1.29 is 14.4 Å². The highest BCUT2D eigenvalue weighted by atomic mass is 16.2. The molecule has 0 fully saturated rings. The molecule has 0 aliphatic carbocycles. The second-order valence-corrected chi connectivity index (χ2v) is 5.93. The standard InChI is InChI=1S/C17H23N3O3/c1-3-4-7-20-16(22)13-6-5-12(8-14(13)17(20)23)15(21)19-10-11(2)9-18/h5-6,8,11H,3-4,7,9-10,18H2,1-2H3,(H,19,21). The van der Waals surface area contributed by atoms with Gasteiger partial charge in [0.05, 0.1) is 11.1 Å². The van der Waals surface area contributed by atoms with E-state index in [4.69, 9.17) is 5.73 Å². The number of carbonyl (C=O) groups is 3. The maximum atomic E-state index is 12.4. The van der Waals surface area contributed by atoms with Crippen LogP contribution < -0.4 is 11.1 Å². The normalized spacial score (nSPS) is 14.8. The number of hydrogen-bond acceptors (Lipinski definition) is 4. The summed E-state index contributed by atoms with van der Waals surface area (Å²) >= 11 is 0. The SMILES string of the molecule is CCCCN1C(=O)c2ccc(C(=O)NCC(C)CN)cc2C1=O. The van der Waals surface area contributed by atoms with Gasteiger partial charge in [0.15, 0.2) is 0 Å². The second kappa shape index (κ2) is 7.37. The van der Waals surface area contributed by atoms with Crippen molar-refractivity contribution in [3.8, 4) is 0 Å². The number of unbranched alkanes of at least 4 members (excludes halogenated alkanes) is 1. The topological polar surface area (TPSA) is 92.5 Å². The molecule has 0 bridgehead atoms. The summed E-state index contributed by atoms with van der Waals surface area (Å²) in [4.78, 5) is 38.0. The fourth-order valence-corrected chi connectivity index (χ4v) is 2.40. The quantitative estimate of drug-likeness (QED) is 0.744. The molecule has 6 heteroatoms. The van der Waals surface area contributed by atoms with Crippen molar-refractivity contribution in [2.45, 2.75) is 26.7 Å². The smallest absolute Gasteiger partial charge is 0.261 e. The summed E-state index contributed by atoms with van der Waals surface area (Å²) in [5, 5.41) is 2.78. The van der Waals surface area contributed by atoms with E-state index >= 15 is 0 Å². The number of hydrogen-bond donors (Lipinski definition) is 2. The number of nitrogens with two attached hydrogens (primary N) is 1. The highest BCUT2D eigenvalue weighted by Gasteiger charge is 2.35. The van der Waals surface area contributed by atoms with Crippen LogP contribution >= 0.6 is 0 Å². The molecule has 3 amide bonds. The number of nitrogens with one attached hydrogen (secondary N) is 1. The Bertz CT molecular complexity index is 628. The zero-order valence-corrected chi connectivity index (χ0v) is 13.6. The van der Waals surface area contributed by atoms with Gasteiger partial charge in [-0.15, -0.1) is 0 Å². The molecule has 1 aliphatic rings. The number of nitrogens with zero attached hydrogens (tertiary/aromatic N) is 1. The molecule has 1 atom stereocenters. The minimum absolute atomic E-state index is 0.182. The van der Waals surface area contributed by atoms with E-state index in [0.717, 1.165) is 12.8 Å². The third-order valence-corrected chi connectivity index (χ3v) is 3.98. The summed E-state index contributed by atoms with van der Waals surface area (Å²) in [6.07, 6.45) is 1.68. The molecule has 1 aliphatic heterocycles. The number of rotatable bonds is 7. The molecule has 1 unspecified atom stereocenters. The highest BCUT2D eigenvalue weighted by Crippen LogP contribution is 2.24. The van der Waals surface area contributed by atoms with Crippen molar-refractivity contribution in [2.24, 2.45) is 11.7 Å². The number of amides is 3. The molecule has 3 N–H and O–H groups in total. The van der Waals surface area contributed by atoms with Gasteiger partial charge >= 0.3 is 0 Å². The molecule has 1 heterocycles. The molecule has 124 valence electrons. The Kier molecular flexibility index (Phi) is 5.50. The van der Waals surface area contributed by atoms with Crippen molar-refractivity contribution in [3.63, 3.8) is 0 Å². The van der Waals surface area contributed by atoms with Crippen molar-refractivity contribution in [1.29, 1.82) is 0 Å². The lowest BCUT2D eigenvalue weighted by Gasteiger charge is -2.12. The van der Waals surface area contributed by atoms with Crippen LogP contribution in [0.2, 0.25) is 0 Å². The van der Waals surface area contributed by atoms with E-state index in [1.54, 1.807) is 12.1 Å². The molecular formula is C17H23N3O3. The molecule has 0 radical (unpaired) electrons. The summed E-state index contributed by atoms with van der Waals surface area (Å²) in [6, 6.07) is 4.64. The van der Waals surface area contributed by atoms with Crippen molar-refractivity contribution in [2.75, 3.05) is 19.6 Å². The fourth-order valence-electron chi connectivity index (χ4n) is 2.40. The minimum Gasteiger partial charge on any atom is -0.352 e. The van der Waals surface area contributed by atoms with Crippen LogP contribution in [-0.4, -0.2) is 42.3 Å². The Hall–Kier alpha value is -2.21. The number of carbonyl (C=O) groups excluding carboxylic acids is 3. The van der Waals surface area contributed by atoms with Gasteiger partial charge < -0.3 is 11.1 Å². The van der Waals surface area contributed by atoms with E-state index in [0.29, 0.717) is 36.3 Å². The lowest BCUT2D eigenvalue weighted by Crippen LogP contribution is -2.31. The van der Waals surface area contributed by atoms with Crippen LogP contribution in [0.15, 0.2) is 18.2 Å². The third kappa shape index (κ3) is 3.59. The van der Waals surface area contributed by atoms with E-state index in [1.807, 2.05) is 13.8 Å². The molecule has 0 aromatic heterocycles. The number of imide groups is 1. The molecule has 0 saturated heterocycles. The fraction of sp³-hybridized carbons (Fsp3) is 0.471. The molecule has 23 heavy (non-hydrogen) atoms. The van der Waals surface area contributed by atoms with Crippen LogP contribution in [0.3, 0.4) is 0 Å². The Morgan fingerprint density at radius 2 is 1.96 bits per heavy atom. The number of fused-ring (bicyclic) bond motifs is 1. The second-order valence-electron chi connectivity index (χ2n) is 5.93. The van der Waals surface area contributed by atoms with Gasteiger partial charge in [-0.05, 0) is 37.1 Å². The molecular weight excluding hydrogens is 294 g/mol. The predicted octanol–water partition coefficient (Wildman–Crippen LogP) is 1.41. The first-order chi connectivity index (χ1) is 11.0. The summed E-state index contributed by atoms with van der Waals surface area (Å²) < 4.78 is 0. The van der Waals surface area contributed by atoms with E-state index in [1.165, 1.54) is 11.0 Å². The molecule has 1 aromatic rings. The average Bonchev–Trinajstić information content (AvgIpc) is 2.81. The molecule has 0 saturated carbocycles. The monoisotopic (exact) mass is 317 g/mol. The Morgan fingerprint density at radius 1 is 1.26 bits per heavy atom. The molecule has 2 rings (SSSR count). The van der Waals surface area contributed by atoms with E-state index in [9.17, 15) is 14.4 Å². The largest absolute Gasteiger partial charge is 0.352 e. The van der Waals surface area contributed by atoms with Crippen LogP contribution in [0.5, 0.6) is 0 Å². The molecule has 6 nitrogen and oxygen atoms in total. The van der Waals surface area contributed by atoms with Crippen LogP contribution in [0.4, 0.5) is 0 Å². The number of benzene rings is 1. The van der Waals surface area contributed by atoms with Crippen LogP contribution in [0, 0.1) is 5.92 Å².